The van der Waals surface area contributed by atoms with E-state index in [2.05, 4.69) is 38.3 Å². The maximum atomic E-state index is 13.2. The van der Waals surface area contributed by atoms with Gasteiger partial charge in [0.05, 0.1) is 13.1 Å². The van der Waals surface area contributed by atoms with Crippen molar-refractivity contribution in [3.05, 3.63) is 24.0 Å². The molecule has 0 aliphatic carbocycles. The number of amides is 2. The second kappa shape index (κ2) is 15.9. The van der Waals surface area contributed by atoms with Crippen LogP contribution >= 0.6 is 0 Å². The van der Waals surface area contributed by atoms with E-state index in [1.54, 1.807) is 4.90 Å². The molecule has 2 amide bonds. The van der Waals surface area contributed by atoms with Crippen molar-refractivity contribution in [2.45, 2.75) is 98.4 Å². The van der Waals surface area contributed by atoms with Gasteiger partial charge in [-0.1, -0.05) is 72.6 Å². The molecule has 0 aliphatic heterocycles. The molecule has 0 aromatic carbocycles. The van der Waals surface area contributed by atoms with Crippen LogP contribution in [0.2, 0.25) is 0 Å². The maximum Gasteiger partial charge on any atom is 0.242 e. The van der Waals surface area contributed by atoms with Crippen molar-refractivity contribution in [1.82, 2.24) is 14.4 Å². The lowest BCUT2D eigenvalue weighted by Gasteiger charge is -2.29. The molecule has 31 heavy (non-hydrogen) atoms. The van der Waals surface area contributed by atoms with E-state index in [9.17, 15) is 9.59 Å². The smallest absolute Gasteiger partial charge is 0.242 e. The normalized spacial score (nSPS) is 11.2. The standard InChI is InChI=1S/C26H47N3O2/c1-6-8-10-11-12-13-14-17-25(30)28(19-9-7-2)22-26(31)29(20-23(3)4)21-24-16-15-18-27(24)5/h15-16,18,23H,6-14,17,19-22H2,1-5H3. The fraction of sp³-hybridized carbons (Fsp3) is 0.769. The van der Waals surface area contributed by atoms with Crippen molar-refractivity contribution in [2.24, 2.45) is 13.0 Å². The van der Waals surface area contributed by atoms with Crippen LogP contribution in [0.5, 0.6) is 0 Å². The lowest BCUT2D eigenvalue weighted by Crippen LogP contribution is -2.44. The SMILES string of the molecule is CCCCCCCCCC(=O)N(CCCC)CC(=O)N(Cc1cccn1C)CC(C)C. The zero-order chi connectivity index (χ0) is 23.1. The Morgan fingerprint density at radius 1 is 0.903 bits per heavy atom. The Hall–Kier alpha value is -1.78. The van der Waals surface area contributed by atoms with E-state index in [-0.39, 0.29) is 18.4 Å². The predicted octanol–water partition coefficient (Wildman–Crippen LogP) is 5.78. The number of nitrogens with zero attached hydrogens (tertiary/aromatic N) is 3. The van der Waals surface area contributed by atoms with Gasteiger partial charge in [-0.2, -0.15) is 0 Å². The summed E-state index contributed by atoms with van der Waals surface area (Å²) in [7, 11) is 2.01. The molecule has 1 aromatic rings. The molecule has 0 radical (unpaired) electrons. The summed E-state index contributed by atoms with van der Waals surface area (Å²) in [5, 5.41) is 0. The summed E-state index contributed by atoms with van der Waals surface area (Å²) in [6.07, 6.45) is 12.9. The van der Waals surface area contributed by atoms with Crippen LogP contribution in [0.3, 0.4) is 0 Å². The van der Waals surface area contributed by atoms with Gasteiger partial charge in [0.2, 0.25) is 11.8 Å². The molecule has 0 unspecified atom stereocenters. The van der Waals surface area contributed by atoms with Gasteiger partial charge < -0.3 is 14.4 Å². The summed E-state index contributed by atoms with van der Waals surface area (Å²) in [4.78, 5) is 29.8. The van der Waals surface area contributed by atoms with Gasteiger partial charge in [0, 0.05) is 38.4 Å². The molecule has 0 N–H and O–H groups in total. The molecule has 0 atom stereocenters. The number of carbonyl (C=O) groups is 2. The minimum absolute atomic E-state index is 0.0546. The first kappa shape index (κ1) is 27.3. The van der Waals surface area contributed by atoms with E-state index < -0.39 is 0 Å². The number of unbranched alkanes of at least 4 members (excludes halogenated alkanes) is 7. The Labute approximate surface area is 191 Å². The molecule has 0 fully saturated rings. The Morgan fingerprint density at radius 2 is 1.55 bits per heavy atom. The highest BCUT2D eigenvalue weighted by molar-refractivity contribution is 5.84. The first-order valence-electron chi connectivity index (χ1n) is 12.5. The second-order valence-electron chi connectivity index (χ2n) is 9.32. The lowest BCUT2D eigenvalue weighted by atomic mass is 10.1. The molecular weight excluding hydrogens is 386 g/mol. The van der Waals surface area contributed by atoms with Gasteiger partial charge in [0.15, 0.2) is 0 Å². The highest BCUT2D eigenvalue weighted by atomic mass is 16.2. The van der Waals surface area contributed by atoms with Gasteiger partial charge in [-0.25, -0.2) is 0 Å². The zero-order valence-electron chi connectivity index (χ0n) is 20.9. The fourth-order valence-electron chi connectivity index (χ4n) is 3.85. The van der Waals surface area contributed by atoms with Crippen LogP contribution < -0.4 is 0 Å². The third-order valence-electron chi connectivity index (χ3n) is 5.80. The number of hydrogen-bond donors (Lipinski definition) is 0. The van der Waals surface area contributed by atoms with E-state index in [0.717, 1.165) is 31.4 Å². The van der Waals surface area contributed by atoms with Crippen molar-refractivity contribution in [3.8, 4) is 0 Å². The lowest BCUT2D eigenvalue weighted by molar-refractivity contribution is -0.141. The first-order valence-corrected chi connectivity index (χ1v) is 12.5. The maximum absolute atomic E-state index is 13.2. The molecule has 1 aromatic heterocycles. The molecule has 0 saturated carbocycles. The van der Waals surface area contributed by atoms with E-state index in [4.69, 9.17) is 0 Å². The van der Waals surface area contributed by atoms with Crippen LogP contribution in [-0.2, 0) is 23.2 Å². The quantitative estimate of drug-likeness (QED) is 0.292. The number of carbonyl (C=O) groups excluding carboxylic acids is 2. The molecular formula is C26H47N3O2. The number of aryl methyl sites for hydroxylation is 1. The third-order valence-corrected chi connectivity index (χ3v) is 5.80. The molecule has 1 rings (SSSR count). The number of hydrogen-bond acceptors (Lipinski definition) is 2. The van der Waals surface area contributed by atoms with Gasteiger partial charge in [0.25, 0.3) is 0 Å². The van der Waals surface area contributed by atoms with Crippen LogP contribution in [-0.4, -0.2) is 45.8 Å². The van der Waals surface area contributed by atoms with Crippen molar-refractivity contribution in [1.29, 1.82) is 0 Å². The van der Waals surface area contributed by atoms with Crippen LogP contribution in [0, 0.1) is 5.92 Å². The van der Waals surface area contributed by atoms with E-state index in [1.165, 1.54) is 32.1 Å². The molecule has 5 nitrogen and oxygen atoms in total. The molecule has 0 spiro atoms. The minimum Gasteiger partial charge on any atom is -0.353 e. The molecule has 0 saturated heterocycles. The van der Waals surface area contributed by atoms with Gasteiger partial charge in [0.1, 0.15) is 0 Å². The van der Waals surface area contributed by atoms with Gasteiger partial charge >= 0.3 is 0 Å². The van der Waals surface area contributed by atoms with E-state index in [0.29, 0.717) is 32.0 Å². The highest BCUT2D eigenvalue weighted by Gasteiger charge is 2.22. The summed E-state index contributed by atoms with van der Waals surface area (Å²) in [5.41, 5.74) is 1.11. The van der Waals surface area contributed by atoms with Crippen LogP contribution in [0.15, 0.2) is 18.3 Å². The summed E-state index contributed by atoms with van der Waals surface area (Å²) in [6.45, 7) is 10.8. The summed E-state index contributed by atoms with van der Waals surface area (Å²) in [6, 6.07) is 4.06. The van der Waals surface area contributed by atoms with Gasteiger partial charge in [-0.15, -0.1) is 0 Å². The number of rotatable bonds is 17. The van der Waals surface area contributed by atoms with Crippen molar-refractivity contribution >= 4 is 11.8 Å². The Kier molecular flexibility index (Phi) is 14.0. The average molecular weight is 434 g/mol. The van der Waals surface area contributed by atoms with Gasteiger partial charge in [-0.3, -0.25) is 9.59 Å². The Morgan fingerprint density at radius 3 is 2.13 bits per heavy atom. The third kappa shape index (κ3) is 11.4. The summed E-state index contributed by atoms with van der Waals surface area (Å²) in [5.74, 6) is 0.578. The molecule has 1 heterocycles. The first-order chi connectivity index (χ1) is 14.9. The predicted molar refractivity (Wildman–Crippen MR) is 130 cm³/mol. The average Bonchev–Trinajstić information content (AvgIpc) is 3.13. The monoisotopic (exact) mass is 433 g/mol. The van der Waals surface area contributed by atoms with Crippen molar-refractivity contribution < 1.29 is 9.59 Å². The minimum atomic E-state index is 0.0546. The van der Waals surface area contributed by atoms with Crippen LogP contribution in [0.25, 0.3) is 0 Å². The Balaban J connectivity index is 2.63. The largest absolute Gasteiger partial charge is 0.353 e. The van der Waals surface area contributed by atoms with Crippen molar-refractivity contribution in [3.63, 3.8) is 0 Å². The van der Waals surface area contributed by atoms with E-state index >= 15 is 0 Å². The van der Waals surface area contributed by atoms with E-state index in [1.807, 2.05) is 24.2 Å². The van der Waals surface area contributed by atoms with Crippen LogP contribution in [0.4, 0.5) is 0 Å². The van der Waals surface area contributed by atoms with Crippen molar-refractivity contribution in [2.75, 3.05) is 19.6 Å². The Bertz CT molecular complexity index is 624. The molecule has 178 valence electrons. The molecule has 5 heteroatoms. The summed E-state index contributed by atoms with van der Waals surface area (Å²) >= 11 is 0. The van der Waals surface area contributed by atoms with Gasteiger partial charge in [-0.05, 0) is 30.9 Å². The molecule has 0 bridgehead atoms. The second-order valence-corrected chi connectivity index (χ2v) is 9.32. The highest BCUT2D eigenvalue weighted by Crippen LogP contribution is 2.12. The molecule has 0 aliphatic rings. The van der Waals surface area contributed by atoms with Crippen LogP contribution in [0.1, 0.15) is 97.6 Å². The zero-order valence-corrected chi connectivity index (χ0v) is 20.9. The summed E-state index contributed by atoms with van der Waals surface area (Å²) < 4.78 is 2.06. The fourth-order valence-corrected chi connectivity index (χ4v) is 3.85. The topological polar surface area (TPSA) is 45.6 Å². The number of aromatic nitrogens is 1.